The number of benzene rings is 2. The van der Waals surface area contributed by atoms with Crippen molar-refractivity contribution in [3.05, 3.63) is 66.0 Å². The van der Waals surface area contributed by atoms with Crippen molar-refractivity contribution in [3.63, 3.8) is 0 Å². The molecule has 1 aliphatic heterocycles. The molecule has 144 valence electrons. The molecule has 0 aliphatic carbocycles. The van der Waals surface area contributed by atoms with Crippen molar-refractivity contribution in [1.29, 1.82) is 0 Å². The van der Waals surface area contributed by atoms with Gasteiger partial charge in [0.15, 0.2) is 0 Å². The van der Waals surface area contributed by atoms with Crippen molar-refractivity contribution in [2.24, 2.45) is 0 Å². The molecule has 0 fully saturated rings. The average molecular weight is 378 g/mol. The second-order valence-electron chi connectivity index (χ2n) is 6.24. The maximum Gasteiger partial charge on any atom is 0.226 e. The van der Waals surface area contributed by atoms with Gasteiger partial charge in [0.25, 0.3) is 0 Å². The lowest BCUT2D eigenvalue weighted by Gasteiger charge is -2.26. The number of nitrogens with zero attached hydrogens (tertiary/aromatic N) is 3. The zero-order valence-corrected chi connectivity index (χ0v) is 16.0. The summed E-state index contributed by atoms with van der Waals surface area (Å²) < 4.78 is 18.4. The molecular weight excluding hydrogens is 356 g/mol. The van der Waals surface area contributed by atoms with Crippen molar-refractivity contribution in [3.8, 4) is 17.2 Å². The van der Waals surface area contributed by atoms with Crippen molar-refractivity contribution >= 4 is 11.6 Å². The number of ether oxygens (including phenoxy) is 3. The molecule has 7 heteroatoms. The molecule has 3 aromatic rings. The zero-order valence-electron chi connectivity index (χ0n) is 16.0. The van der Waals surface area contributed by atoms with E-state index in [4.69, 9.17) is 14.2 Å². The summed E-state index contributed by atoms with van der Waals surface area (Å²) in [6.07, 6.45) is 3.64. The third-order valence-electron chi connectivity index (χ3n) is 4.64. The molecule has 0 bridgehead atoms. The highest BCUT2D eigenvalue weighted by molar-refractivity contribution is 5.77. The monoisotopic (exact) mass is 378 g/mol. The van der Waals surface area contributed by atoms with Crippen molar-refractivity contribution in [2.75, 3.05) is 26.1 Å². The van der Waals surface area contributed by atoms with Crippen LogP contribution in [-0.4, -0.2) is 35.6 Å². The lowest BCUT2D eigenvalue weighted by atomic mass is 10.0. The summed E-state index contributed by atoms with van der Waals surface area (Å²) in [6, 6.07) is 13.5. The van der Waals surface area contributed by atoms with E-state index in [9.17, 15) is 0 Å². The van der Waals surface area contributed by atoms with Gasteiger partial charge >= 0.3 is 0 Å². The highest BCUT2D eigenvalue weighted by Gasteiger charge is 2.26. The van der Waals surface area contributed by atoms with Gasteiger partial charge in [-0.1, -0.05) is 0 Å². The van der Waals surface area contributed by atoms with Crippen LogP contribution in [0.15, 0.2) is 54.9 Å². The van der Waals surface area contributed by atoms with E-state index in [-0.39, 0.29) is 6.04 Å². The minimum atomic E-state index is -0.189. The molecule has 1 aliphatic rings. The first kappa shape index (κ1) is 17.9. The highest BCUT2D eigenvalue weighted by Crippen LogP contribution is 2.37. The standard InChI is InChI=1S/C21H22N4O3/c1-4-28-15-7-5-14(6-8-15)18-12-19(25-21(24-18)22-13-23-25)17-11-16(26-2)9-10-20(17)27-3/h5-13,19H,4H2,1-3H3,(H,22,23,24)/t19-/m0/s1. The first-order chi connectivity index (χ1) is 13.7. The van der Waals surface area contributed by atoms with Gasteiger partial charge in [-0.3, -0.25) is 0 Å². The lowest BCUT2D eigenvalue weighted by Crippen LogP contribution is -2.20. The maximum absolute atomic E-state index is 5.59. The van der Waals surface area contributed by atoms with Gasteiger partial charge in [-0.2, -0.15) is 10.1 Å². The van der Waals surface area contributed by atoms with Crippen LogP contribution in [0.1, 0.15) is 24.1 Å². The van der Waals surface area contributed by atoms with Crippen LogP contribution in [0, 0.1) is 0 Å². The average Bonchev–Trinajstić information content (AvgIpc) is 3.22. The molecule has 7 nitrogen and oxygen atoms in total. The molecular formula is C21H22N4O3. The summed E-state index contributed by atoms with van der Waals surface area (Å²) in [4.78, 5) is 4.36. The molecule has 4 rings (SSSR count). The number of fused-ring (bicyclic) bond motifs is 1. The van der Waals surface area contributed by atoms with E-state index >= 15 is 0 Å². The quantitative estimate of drug-likeness (QED) is 0.704. The van der Waals surface area contributed by atoms with Gasteiger partial charge in [-0.25, -0.2) is 4.68 Å². The van der Waals surface area contributed by atoms with Gasteiger partial charge in [0.2, 0.25) is 5.95 Å². The Hall–Kier alpha value is -3.48. The fourth-order valence-electron chi connectivity index (χ4n) is 3.29. The fraction of sp³-hybridized carbons (Fsp3) is 0.238. The Morgan fingerprint density at radius 1 is 1.04 bits per heavy atom. The SMILES string of the molecule is CCOc1ccc(C2=C[C@@H](c3cc(OC)ccc3OC)n3ncnc3N2)cc1. The number of hydrogen-bond donors (Lipinski definition) is 1. The van der Waals surface area contributed by atoms with Gasteiger partial charge in [-0.05, 0) is 61.0 Å². The number of hydrogen-bond acceptors (Lipinski definition) is 6. The second-order valence-corrected chi connectivity index (χ2v) is 6.24. The Labute approximate surface area is 163 Å². The normalized spacial score (nSPS) is 15.2. The topological polar surface area (TPSA) is 70.4 Å². The summed E-state index contributed by atoms with van der Waals surface area (Å²) in [5.41, 5.74) is 2.92. The number of anilines is 1. The molecule has 2 heterocycles. The fourth-order valence-corrected chi connectivity index (χ4v) is 3.29. The van der Waals surface area contributed by atoms with Crippen LogP contribution in [0.4, 0.5) is 5.95 Å². The second kappa shape index (κ2) is 7.64. The van der Waals surface area contributed by atoms with E-state index in [2.05, 4.69) is 21.5 Å². The van der Waals surface area contributed by atoms with E-state index in [1.54, 1.807) is 14.2 Å². The minimum absolute atomic E-state index is 0.189. The molecule has 1 atom stereocenters. The Balaban J connectivity index is 1.78. The Morgan fingerprint density at radius 2 is 1.82 bits per heavy atom. The molecule has 0 radical (unpaired) electrons. The van der Waals surface area contributed by atoms with E-state index < -0.39 is 0 Å². The van der Waals surface area contributed by atoms with Crippen LogP contribution < -0.4 is 19.5 Å². The molecule has 0 spiro atoms. The van der Waals surface area contributed by atoms with E-state index in [0.29, 0.717) is 12.6 Å². The third-order valence-corrected chi connectivity index (χ3v) is 4.64. The third kappa shape index (κ3) is 3.26. The molecule has 1 N–H and O–H groups in total. The number of nitrogens with one attached hydrogen (secondary N) is 1. The summed E-state index contributed by atoms with van der Waals surface area (Å²) in [5.74, 6) is 3.03. The molecule has 28 heavy (non-hydrogen) atoms. The molecule has 0 amide bonds. The summed E-state index contributed by atoms with van der Waals surface area (Å²) in [6.45, 7) is 2.61. The predicted octanol–water partition coefficient (Wildman–Crippen LogP) is 3.75. The van der Waals surface area contributed by atoms with Crippen LogP contribution in [0.5, 0.6) is 17.2 Å². The molecule has 2 aromatic carbocycles. The zero-order chi connectivity index (χ0) is 19.5. The van der Waals surface area contributed by atoms with Gasteiger partial charge in [0.1, 0.15) is 29.6 Å². The Bertz CT molecular complexity index is 995. The van der Waals surface area contributed by atoms with Crippen LogP contribution in [0.2, 0.25) is 0 Å². The molecule has 1 aromatic heterocycles. The highest BCUT2D eigenvalue weighted by atomic mass is 16.5. The Kier molecular flexibility index (Phi) is 4.89. The maximum atomic E-state index is 5.59. The summed E-state index contributed by atoms with van der Waals surface area (Å²) >= 11 is 0. The van der Waals surface area contributed by atoms with Gasteiger partial charge in [0.05, 0.1) is 20.8 Å². The van der Waals surface area contributed by atoms with E-state index in [1.807, 2.05) is 54.1 Å². The van der Waals surface area contributed by atoms with Gasteiger partial charge in [0, 0.05) is 11.3 Å². The predicted molar refractivity (Wildman–Crippen MR) is 107 cm³/mol. The van der Waals surface area contributed by atoms with Gasteiger partial charge < -0.3 is 19.5 Å². The minimum Gasteiger partial charge on any atom is -0.497 e. The smallest absolute Gasteiger partial charge is 0.226 e. The first-order valence-electron chi connectivity index (χ1n) is 9.07. The molecule has 0 saturated heterocycles. The summed E-state index contributed by atoms with van der Waals surface area (Å²) in [7, 11) is 3.31. The Morgan fingerprint density at radius 3 is 2.54 bits per heavy atom. The number of rotatable bonds is 6. The lowest BCUT2D eigenvalue weighted by molar-refractivity contribution is 0.340. The van der Waals surface area contributed by atoms with E-state index in [0.717, 1.165) is 34.1 Å². The molecule has 0 unspecified atom stereocenters. The van der Waals surface area contributed by atoms with Crippen molar-refractivity contribution in [1.82, 2.24) is 14.8 Å². The number of aromatic nitrogens is 3. The largest absolute Gasteiger partial charge is 0.497 e. The van der Waals surface area contributed by atoms with Gasteiger partial charge in [-0.15, -0.1) is 0 Å². The number of allylic oxidation sites excluding steroid dienone is 1. The van der Waals surface area contributed by atoms with Crippen LogP contribution in [-0.2, 0) is 0 Å². The van der Waals surface area contributed by atoms with Crippen LogP contribution in [0.3, 0.4) is 0 Å². The number of methoxy groups -OCH3 is 2. The van der Waals surface area contributed by atoms with Crippen LogP contribution in [0.25, 0.3) is 5.70 Å². The van der Waals surface area contributed by atoms with E-state index in [1.165, 1.54) is 6.33 Å². The van der Waals surface area contributed by atoms with Crippen molar-refractivity contribution < 1.29 is 14.2 Å². The molecule has 0 saturated carbocycles. The summed E-state index contributed by atoms with van der Waals surface area (Å²) in [5, 5.41) is 7.74. The van der Waals surface area contributed by atoms with Crippen molar-refractivity contribution in [2.45, 2.75) is 13.0 Å². The van der Waals surface area contributed by atoms with Crippen LogP contribution >= 0.6 is 0 Å². The first-order valence-corrected chi connectivity index (χ1v) is 9.07.